The SMILES string of the molecule is C=C(C)C(=O)CCCCOc1ccc([N+](=O)[O-])c(C2OCCO2)c1.C=CC(=O)CC(C)C.CCC(C)(CC(C)C(=O)NC(C)C)C(=O)NCCCOc1ccc([N+](=O)[O-])c(C2OCCO2)c1. The van der Waals surface area contributed by atoms with E-state index in [-0.39, 0.29) is 46.7 Å². The molecule has 2 aliphatic heterocycles. The lowest BCUT2D eigenvalue weighted by atomic mass is 9.78. The number of benzene rings is 2. The number of hydrogen-bond acceptors (Lipinski definition) is 14. The quantitative estimate of drug-likeness (QED) is 0.0411. The number of rotatable bonds is 25. The van der Waals surface area contributed by atoms with Crippen LogP contribution in [-0.4, -0.2) is 85.5 Å². The highest BCUT2D eigenvalue weighted by Crippen LogP contribution is 2.36. The molecule has 2 unspecified atom stereocenters. The molecule has 0 aliphatic carbocycles. The highest BCUT2D eigenvalue weighted by atomic mass is 16.7. The van der Waals surface area contributed by atoms with E-state index < -0.39 is 27.8 Å². The number of nitro benzene ring substituents is 2. The fourth-order valence-corrected chi connectivity index (χ4v) is 6.58. The summed E-state index contributed by atoms with van der Waals surface area (Å²) in [6, 6.07) is 9.04. The number of ketones is 2. The molecule has 18 heteroatoms. The van der Waals surface area contributed by atoms with E-state index in [1.165, 1.54) is 24.3 Å². The van der Waals surface area contributed by atoms with Gasteiger partial charge in [-0.1, -0.05) is 47.8 Å². The number of allylic oxidation sites excluding steroid dienone is 2. The summed E-state index contributed by atoms with van der Waals surface area (Å²) in [6.45, 7) is 24.9. The van der Waals surface area contributed by atoms with Gasteiger partial charge in [0, 0.05) is 48.9 Å². The maximum atomic E-state index is 12.8. The van der Waals surface area contributed by atoms with E-state index in [1.54, 1.807) is 25.1 Å². The summed E-state index contributed by atoms with van der Waals surface area (Å²) in [6.07, 6.45) is 3.99. The van der Waals surface area contributed by atoms with E-state index in [1.807, 2.05) is 48.5 Å². The van der Waals surface area contributed by atoms with Crippen molar-refractivity contribution in [2.24, 2.45) is 17.3 Å². The zero-order valence-electron chi connectivity index (χ0n) is 39.9. The average Bonchev–Trinajstić information content (AvgIpc) is 4.02. The lowest BCUT2D eigenvalue weighted by molar-refractivity contribution is -0.386. The molecule has 2 atom stereocenters. The van der Waals surface area contributed by atoms with Gasteiger partial charge in [-0.15, -0.1) is 0 Å². The van der Waals surface area contributed by atoms with Crippen LogP contribution in [0.1, 0.15) is 124 Å². The molecule has 18 nitrogen and oxygen atoms in total. The Morgan fingerprint density at radius 1 is 0.833 bits per heavy atom. The summed E-state index contributed by atoms with van der Waals surface area (Å²) < 4.78 is 32.8. The predicted molar refractivity (Wildman–Crippen MR) is 248 cm³/mol. The molecule has 66 heavy (non-hydrogen) atoms. The fourth-order valence-electron chi connectivity index (χ4n) is 6.58. The van der Waals surface area contributed by atoms with E-state index in [4.69, 9.17) is 28.4 Å². The molecule has 0 spiro atoms. The first-order valence-corrected chi connectivity index (χ1v) is 22.4. The molecule has 0 saturated carbocycles. The Labute approximate surface area is 388 Å². The molecule has 2 fully saturated rings. The van der Waals surface area contributed by atoms with E-state index in [0.29, 0.717) is 125 Å². The molecule has 2 saturated heterocycles. The van der Waals surface area contributed by atoms with Crippen LogP contribution < -0.4 is 20.1 Å². The lowest BCUT2D eigenvalue weighted by Gasteiger charge is -2.30. The highest BCUT2D eigenvalue weighted by molar-refractivity contribution is 5.94. The third-order valence-corrected chi connectivity index (χ3v) is 10.4. The van der Waals surface area contributed by atoms with E-state index in [2.05, 4.69) is 23.8 Å². The maximum Gasteiger partial charge on any atom is 0.277 e. The van der Waals surface area contributed by atoms with Crippen molar-refractivity contribution in [3.63, 3.8) is 0 Å². The summed E-state index contributed by atoms with van der Waals surface area (Å²) in [5.41, 5.74) is 0.453. The number of hydrogen-bond donors (Lipinski definition) is 2. The Bertz CT molecular complexity index is 1940. The molecule has 2 amide bonds. The number of unbranched alkanes of at least 4 members (excludes halogenated alkanes) is 1. The molecular weight excluding hydrogens is 857 g/mol. The van der Waals surface area contributed by atoms with Crippen molar-refractivity contribution in [3.05, 3.63) is 92.6 Å². The Kier molecular flexibility index (Phi) is 25.0. The van der Waals surface area contributed by atoms with Gasteiger partial charge < -0.3 is 39.1 Å². The predicted octanol–water partition coefficient (Wildman–Crippen LogP) is 8.61. The van der Waals surface area contributed by atoms with Gasteiger partial charge in [0.05, 0.1) is 60.6 Å². The Morgan fingerprint density at radius 3 is 1.71 bits per heavy atom. The Balaban J connectivity index is 0.000000404. The zero-order valence-corrected chi connectivity index (χ0v) is 39.9. The van der Waals surface area contributed by atoms with Gasteiger partial charge in [0.25, 0.3) is 11.4 Å². The second kappa shape index (κ2) is 29.2. The molecule has 0 bridgehead atoms. The van der Waals surface area contributed by atoms with Crippen LogP contribution in [-0.2, 0) is 38.1 Å². The zero-order chi connectivity index (χ0) is 49.4. The third-order valence-electron chi connectivity index (χ3n) is 10.4. The second-order valence-corrected chi connectivity index (χ2v) is 17.0. The Morgan fingerprint density at radius 2 is 1.32 bits per heavy atom. The van der Waals surface area contributed by atoms with Crippen molar-refractivity contribution in [1.29, 1.82) is 0 Å². The van der Waals surface area contributed by atoms with Crippen LogP contribution in [0.3, 0.4) is 0 Å². The van der Waals surface area contributed by atoms with Gasteiger partial charge in [-0.25, -0.2) is 0 Å². The minimum atomic E-state index is -0.778. The molecule has 0 radical (unpaired) electrons. The molecule has 2 aromatic rings. The number of nitro groups is 2. The van der Waals surface area contributed by atoms with Crippen molar-refractivity contribution in [2.45, 2.75) is 119 Å². The van der Waals surface area contributed by atoms with Crippen LogP contribution in [0.15, 0.2) is 61.2 Å². The first kappa shape index (κ1) is 56.6. The lowest BCUT2D eigenvalue weighted by Crippen LogP contribution is -2.43. The first-order chi connectivity index (χ1) is 31.2. The molecule has 2 aliphatic rings. The number of ether oxygens (including phenoxy) is 6. The summed E-state index contributed by atoms with van der Waals surface area (Å²) in [4.78, 5) is 68.5. The number of carbonyl (C=O) groups is 4. The first-order valence-electron chi connectivity index (χ1n) is 22.4. The summed E-state index contributed by atoms with van der Waals surface area (Å²) >= 11 is 0. The van der Waals surface area contributed by atoms with Crippen LogP contribution >= 0.6 is 0 Å². The number of carbonyl (C=O) groups excluding carboxylic acids is 4. The van der Waals surface area contributed by atoms with Gasteiger partial charge in [-0.3, -0.25) is 39.4 Å². The number of Topliss-reactive ketones (excluding diaryl/α,β-unsaturated/α-hetero) is 1. The van der Waals surface area contributed by atoms with Crippen LogP contribution in [0.5, 0.6) is 11.5 Å². The smallest absolute Gasteiger partial charge is 0.277 e. The van der Waals surface area contributed by atoms with Gasteiger partial charge >= 0.3 is 0 Å². The molecule has 2 N–H and O–H groups in total. The van der Waals surface area contributed by atoms with Crippen molar-refractivity contribution < 1.29 is 57.4 Å². The fraction of sp³-hybridized carbons (Fsp3) is 0.583. The van der Waals surface area contributed by atoms with Gasteiger partial charge in [0.15, 0.2) is 24.1 Å². The third kappa shape index (κ3) is 19.9. The second-order valence-electron chi connectivity index (χ2n) is 17.0. The average molecular weight is 927 g/mol. The number of amides is 2. The minimum absolute atomic E-state index is 0.0493. The van der Waals surface area contributed by atoms with Crippen LogP contribution in [0, 0.1) is 37.5 Å². The van der Waals surface area contributed by atoms with E-state index >= 15 is 0 Å². The van der Waals surface area contributed by atoms with E-state index in [9.17, 15) is 39.4 Å². The molecular formula is C48H70N4O14. The van der Waals surface area contributed by atoms with Gasteiger partial charge in [0.2, 0.25) is 11.8 Å². The number of nitrogens with one attached hydrogen (secondary N) is 2. The minimum Gasteiger partial charge on any atom is -0.494 e. The summed E-state index contributed by atoms with van der Waals surface area (Å²) in [7, 11) is 0. The van der Waals surface area contributed by atoms with Crippen LogP contribution in [0.4, 0.5) is 11.4 Å². The van der Waals surface area contributed by atoms with Gasteiger partial charge in [-0.05, 0) is 94.7 Å². The monoisotopic (exact) mass is 926 g/mol. The van der Waals surface area contributed by atoms with Gasteiger partial charge in [-0.2, -0.15) is 0 Å². The van der Waals surface area contributed by atoms with Crippen molar-refractivity contribution >= 4 is 34.8 Å². The van der Waals surface area contributed by atoms with Gasteiger partial charge in [0.1, 0.15) is 11.5 Å². The molecule has 2 aromatic carbocycles. The van der Waals surface area contributed by atoms with Crippen LogP contribution in [0.25, 0.3) is 0 Å². The van der Waals surface area contributed by atoms with Crippen LogP contribution in [0.2, 0.25) is 0 Å². The standard InChI is InChI=1S/C24H37N3O7.C17H21NO6.C7H12O/c1-6-24(5,15-17(4)21(28)26-16(2)3)23(29)25-10-7-11-32-18-8-9-20(27(30)31)19(14-18)22-33-12-13-34-22;1-12(2)16(19)5-3-4-8-22-13-6-7-15(18(20)21)14(11-13)17-23-9-10-24-17;1-4-7(8)5-6(2)3/h8-9,14,16-17,22H,6-7,10-13,15H2,1-5H3,(H,25,29)(H,26,28);6-7,11,17H,1,3-5,8-10H2,2H3;4,6H,1,5H2,2-3H3. The summed E-state index contributed by atoms with van der Waals surface area (Å²) in [5, 5.41) is 28.3. The normalized spacial score (nSPS) is 15.0. The molecule has 4 rings (SSSR count). The molecule has 0 aromatic heterocycles. The number of nitrogens with zero attached hydrogens (tertiary/aromatic N) is 2. The van der Waals surface area contributed by atoms with Crippen molar-refractivity contribution in [3.8, 4) is 11.5 Å². The van der Waals surface area contributed by atoms with E-state index in [0.717, 1.165) is 0 Å². The van der Waals surface area contributed by atoms with Crippen molar-refractivity contribution in [1.82, 2.24) is 10.6 Å². The maximum absolute atomic E-state index is 12.8. The molecule has 366 valence electrons. The highest BCUT2D eigenvalue weighted by Gasteiger charge is 2.35. The van der Waals surface area contributed by atoms with Crippen molar-refractivity contribution in [2.75, 3.05) is 46.2 Å². The summed E-state index contributed by atoms with van der Waals surface area (Å²) in [5.74, 6) is 1.23. The largest absolute Gasteiger partial charge is 0.494 e. The topological polar surface area (TPSA) is 234 Å². The Hall–Kier alpha value is -5.56. The molecule has 2 heterocycles.